The van der Waals surface area contributed by atoms with Crippen molar-refractivity contribution in [2.45, 2.75) is 71.6 Å². The van der Waals surface area contributed by atoms with Gasteiger partial charge in [0.25, 0.3) is 5.91 Å². The molecule has 2 saturated heterocycles. The number of hydrogen-bond acceptors (Lipinski definition) is 5. The first kappa shape index (κ1) is 28.1. The van der Waals surface area contributed by atoms with E-state index >= 15 is 0 Å². The number of likely N-dealkylation sites (tertiary alicyclic amines) is 2. The highest BCUT2D eigenvalue weighted by molar-refractivity contribution is 5.97. The van der Waals surface area contributed by atoms with E-state index in [9.17, 15) is 9.59 Å². The lowest BCUT2D eigenvalue weighted by Crippen LogP contribution is -2.30. The average Bonchev–Trinajstić information content (AvgIpc) is 3.62. The van der Waals surface area contributed by atoms with Crippen LogP contribution in [0, 0.1) is 11.8 Å². The fourth-order valence-electron chi connectivity index (χ4n) is 6.59. The van der Waals surface area contributed by atoms with Gasteiger partial charge in [-0.3, -0.25) is 9.59 Å². The van der Waals surface area contributed by atoms with Gasteiger partial charge >= 0.3 is 0 Å². The molecule has 0 spiro atoms. The van der Waals surface area contributed by atoms with E-state index in [0.717, 1.165) is 63.3 Å². The number of carbonyl (C=O) groups is 2. The number of aromatic nitrogens is 3. The normalized spacial score (nSPS) is 21.4. The van der Waals surface area contributed by atoms with E-state index in [1.54, 1.807) is 6.07 Å². The number of H-pyrrole nitrogens is 1. The number of aromatic amines is 1. The maximum atomic E-state index is 12.8. The molecule has 3 heterocycles. The lowest BCUT2D eigenvalue weighted by Gasteiger charge is -2.22. The number of nitrogens with one attached hydrogen (secondary N) is 1. The molecular weight excluding hydrogens is 502 g/mol. The highest BCUT2D eigenvalue weighted by Crippen LogP contribution is 2.43. The van der Waals surface area contributed by atoms with E-state index in [1.807, 2.05) is 21.9 Å². The quantitative estimate of drug-likeness (QED) is 0.438. The average molecular weight is 546 g/mol. The van der Waals surface area contributed by atoms with Gasteiger partial charge in [0, 0.05) is 31.7 Å². The van der Waals surface area contributed by atoms with Gasteiger partial charge in [-0.1, -0.05) is 33.8 Å². The van der Waals surface area contributed by atoms with Crippen LogP contribution in [0.2, 0.25) is 0 Å². The Balaban J connectivity index is 0.000000170. The third-order valence-corrected chi connectivity index (χ3v) is 9.06. The van der Waals surface area contributed by atoms with Gasteiger partial charge in [-0.25, -0.2) is 0 Å². The summed E-state index contributed by atoms with van der Waals surface area (Å²) in [6.45, 7) is 15.1. The van der Waals surface area contributed by atoms with Crippen LogP contribution in [0.25, 0.3) is 11.0 Å². The number of ether oxygens (including phenoxy) is 1. The van der Waals surface area contributed by atoms with E-state index in [1.165, 1.54) is 29.5 Å². The summed E-state index contributed by atoms with van der Waals surface area (Å²) < 4.78 is 5.82. The van der Waals surface area contributed by atoms with Gasteiger partial charge in [0.1, 0.15) is 16.8 Å². The number of fused-ring (bicyclic) bond motifs is 3. The van der Waals surface area contributed by atoms with E-state index in [4.69, 9.17) is 4.74 Å². The zero-order valence-corrected chi connectivity index (χ0v) is 24.6. The third kappa shape index (κ3) is 5.72. The van der Waals surface area contributed by atoms with Gasteiger partial charge in [-0.2, -0.15) is 15.4 Å². The topological polar surface area (TPSA) is 91.4 Å². The molecule has 2 aliphatic heterocycles. The van der Waals surface area contributed by atoms with Crippen molar-refractivity contribution in [3.05, 3.63) is 52.6 Å². The standard InChI is InChI=1S/C16H19N5O2.C16H24O/c22-10-20-5-3-12-8-21(9-13(12)4-6-20)16(23)11-1-2-14-15(7-11)18-19-17-14;1-6-17-15-10-14-12(7-8-16(14,4)5)9-13(15)11(2)3/h1-2,7,10,12-13H,3-6,8-9H2,(H,17,18,19);9-11H,6-8H2,1-5H3/t12-,13+;. The van der Waals surface area contributed by atoms with Crippen molar-refractivity contribution in [3.8, 4) is 5.75 Å². The van der Waals surface area contributed by atoms with Gasteiger partial charge in [0.2, 0.25) is 6.41 Å². The molecule has 0 unspecified atom stereocenters. The first-order valence-electron chi connectivity index (χ1n) is 14.8. The van der Waals surface area contributed by atoms with Gasteiger partial charge < -0.3 is 14.5 Å². The second-order valence-corrected chi connectivity index (χ2v) is 12.5. The molecule has 0 bridgehead atoms. The fourth-order valence-corrected chi connectivity index (χ4v) is 6.59. The number of carbonyl (C=O) groups excluding carboxylic acids is 2. The second kappa shape index (κ2) is 11.6. The summed E-state index contributed by atoms with van der Waals surface area (Å²) in [5.74, 6) is 2.69. The summed E-state index contributed by atoms with van der Waals surface area (Å²) in [5.41, 5.74) is 6.85. The largest absolute Gasteiger partial charge is 0.494 e. The van der Waals surface area contributed by atoms with Crippen molar-refractivity contribution in [2.24, 2.45) is 11.8 Å². The van der Waals surface area contributed by atoms with Crippen molar-refractivity contribution in [2.75, 3.05) is 32.8 Å². The van der Waals surface area contributed by atoms with Crippen LogP contribution in [-0.4, -0.2) is 70.3 Å². The lowest BCUT2D eigenvalue weighted by molar-refractivity contribution is -0.118. The Kier molecular flexibility index (Phi) is 8.15. The van der Waals surface area contributed by atoms with Crippen LogP contribution in [-0.2, 0) is 16.6 Å². The first-order chi connectivity index (χ1) is 19.2. The summed E-state index contributed by atoms with van der Waals surface area (Å²) >= 11 is 0. The highest BCUT2D eigenvalue weighted by atomic mass is 16.5. The molecule has 214 valence electrons. The Labute approximate surface area is 237 Å². The lowest BCUT2D eigenvalue weighted by atomic mass is 9.85. The zero-order valence-electron chi connectivity index (χ0n) is 24.6. The van der Waals surface area contributed by atoms with Crippen LogP contribution in [0.5, 0.6) is 5.75 Å². The second-order valence-electron chi connectivity index (χ2n) is 12.5. The molecule has 1 aromatic heterocycles. The van der Waals surface area contributed by atoms with Crippen LogP contribution in [0.4, 0.5) is 0 Å². The van der Waals surface area contributed by atoms with E-state index in [-0.39, 0.29) is 5.91 Å². The predicted octanol–water partition coefficient (Wildman–Crippen LogP) is 5.33. The third-order valence-electron chi connectivity index (χ3n) is 9.06. The molecule has 40 heavy (non-hydrogen) atoms. The van der Waals surface area contributed by atoms with Gasteiger partial charge in [0.05, 0.1) is 6.61 Å². The van der Waals surface area contributed by atoms with Gasteiger partial charge in [-0.15, -0.1) is 0 Å². The smallest absolute Gasteiger partial charge is 0.253 e. The Hall–Kier alpha value is -3.42. The molecule has 1 aliphatic carbocycles. The Morgan fingerprint density at radius 3 is 2.45 bits per heavy atom. The molecule has 8 nitrogen and oxygen atoms in total. The SMILES string of the molecule is CCOc1cc2c(cc1C(C)C)CCC2(C)C.O=CN1CC[C@@H]2CN(C(=O)c3ccc4n[nH]nc4c3)C[C@@H]2CC1. The highest BCUT2D eigenvalue weighted by Gasteiger charge is 2.37. The number of benzene rings is 2. The van der Waals surface area contributed by atoms with Gasteiger partial charge in [0.15, 0.2) is 0 Å². The van der Waals surface area contributed by atoms with Crippen molar-refractivity contribution in [1.29, 1.82) is 0 Å². The molecule has 2 atom stereocenters. The fraction of sp³-hybridized carbons (Fsp3) is 0.562. The van der Waals surface area contributed by atoms with Gasteiger partial charge in [-0.05, 0) is 96.7 Å². The Bertz CT molecular complexity index is 1350. The minimum absolute atomic E-state index is 0.0650. The maximum absolute atomic E-state index is 12.8. The zero-order chi connectivity index (χ0) is 28.4. The summed E-state index contributed by atoms with van der Waals surface area (Å²) in [6, 6.07) is 10.1. The molecule has 1 N–H and O–H groups in total. The molecule has 2 amide bonds. The molecule has 6 rings (SSSR count). The molecule has 3 aliphatic rings. The number of hydrogen-bond donors (Lipinski definition) is 1. The summed E-state index contributed by atoms with van der Waals surface area (Å²) in [7, 11) is 0. The van der Waals surface area contributed by atoms with Crippen LogP contribution in [0.3, 0.4) is 0 Å². The maximum Gasteiger partial charge on any atom is 0.253 e. The van der Waals surface area contributed by atoms with Crippen molar-refractivity contribution in [3.63, 3.8) is 0 Å². The monoisotopic (exact) mass is 545 g/mol. The predicted molar refractivity (Wildman–Crippen MR) is 157 cm³/mol. The van der Waals surface area contributed by atoms with Crippen molar-refractivity contribution >= 4 is 23.4 Å². The van der Waals surface area contributed by atoms with E-state index < -0.39 is 0 Å². The van der Waals surface area contributed by atoms with Crippen LogP contribution >= 0.6 is 0 Å². The van der Waals surface area contributed by atoms with E-state index in [2.05, 4.69) is 62.2 Å². The molecule has 8 heteroatoms. The minimum Gasteiger partial charge on any atom is -0.494 e. The van der Waals surface area contributed by atoms with Crippen LogP contribution in [0.1, 0.15) is 86.8 Å². The molecule has 2 fully saturated rings. The molecule has 3 aromatic rings. The molecular formula is C32H43N5O3. The number of aryl methyl sites for hydroxylation is 1. The van der Waals surface area contributed by atoms with Crippen LogP contribution in [0.15, 0.2) is 30.3 Å². The Morgan fingerprint density at radius 1 is 1.10 bits per heavy atom. The van der Waals surface area contributed by atoms with Crippen molar-refractivity contribution in [1.82, 2.24) is 25.2 Å². The molecule has 2 aromatic carbocycles. The Morgan fingerprint density at radius 2 is 1.80 bits per heavy atom. The minimum atomic E-state index is 0.0650. The summed E-state index contributed by atoms with van der Waals surface area (Å²) in [5, 5.41) is 10.6. The number of rotatable bonds is 5. The molecule has 0 saturated carbocycles. The van der Waals surface area contributed by atoms with Crippen LogP contribution < -0.4 is 4.74 Å². The van der Waals surface area contributed by atoms with Crippen molar-refractivity contribution < 1.29 is 14.3 Å². The first-order valence-corrected chi connectivity index (χ1v) is 14.8. The number of amides is 2. The summed E-state index contributed by atoms with van der Waals surface area (Å²) in [6.07, 6.45) is 5.38. The molecule has 0 radical (unpaired) electrons. The van der Waals surface area contributed by atoms with E-state index in [0.29, 0.717) is 34.2 Å². The summed E-state index contributed by atoms with van der Waals surface area (Å²) in [4.78, 5) is 27.5. The number of nitrogens with zero attached hydrogens (tertiary/aromatic N) is 4.